The minimum Gasteiger partial charge on any atom is -0.494 e. The molecule has 560 valence electrons. The molecule has 0 unspecified atom stereocenters. The van der Waals surface area contributed by atoms with Crippen LogP contribution >= 0.6 is 56.2 Å². The Bertz CT molecular complexity index is 4910. The quantitative estimate of drug-likeness (QED) is 0.0293. The van der Waals surface area contributed by atoms with Gasteiger partial charge in [0.05, 0.1) is 86.8 Å². The van der Waals surface area contributed by atoms with E-state index >= 15 is 0 Å². The molecule has 0 bridgehead atoms. The third-order valence-electron chi connectivity index (χ3n) is 17.7. The van der Waals surface area contributed by atoms with E-state index in [1.807, 2.05) is 103 Å². The number of hydrogen-bond donors (Lipinski definition) is 7. The number of piperidine rings is 2. The highest BCUT2D eigenvalue weighted by Crippen LogP contribution is 2.43. The van der Waals surface area contributed by atoms with Gasteiger partial charge in [-0.15, -0.1) is 0 Å². The lowest BCUT2D eigenvalue weighted by Gasteiger charge is -2.40. The molecule has 7 N–H and O–H groups in total. The molecule has 3 aliphatic rings. The van der Waals surface area contributed by atoms with E-state index in [0.717, 1.165) is 91.2 Å². The molecule has 6 aromatic carbocycles. The van der Waals surface area contributed by atoms with E-state index in [1.165, 1.54) is 37.9 Å². The molecule has 0 aliphatic carbocycles. The number of halogens is 3. The molecule has 0 radical (unpaired) electrons. The second-order valence-corrected chi connectivity index (χ2v) is 37.3. The molecule has 0 spiro atoms. The Balaban J connectivity index is 0.000000161. The number of nitrogens with zero attached hydrogens (tertiary/aromatic N) is 10. The zero-order valence-corrected chi connectivity index (χ0v) is 65.9. The van der Waals surface area contributed by atoms with Crippen LogP contribution in [0.25, 0.3) is 0 Å². The summed E-state index contributed by atoms with van der Waals surface area (Å²) in [6.45, 7) is 16.5. The van der Waals surface area contributed by atoms with Crippen LogP contribution < -0.4 is 81.9 Å². The maximum Gasteiger partial charge on any atom is 0.234 e. The molecular formula is C76H87Cl3N17O8P3. The maximum atomic E-state index is 12.8. The van der Waals surface area contributed by atoms with Gasteiger partial charge in [-0.05, 0) is 157 Å². The maximum absolute atomic E-state index is 12.8. The third kappa shape index (κ3) is 21.1. The minimum atomic E-state index is -2.52. The first-order valence-electron chi connectivity index (χ1n) is 34.7. The number of ether oxygens (including phenoxy) is 4. The van der Waals surface area contributed by atoms with Crippen LogP contribution in [0.2, 0.25) is 15.1 Å². The van der Waals surface area contributed by atoms with E-state index in [0.29, 0.717) is 114 Å². The molecule has 3 saturated heterocycles. The molecule has 31 heteroatoms. The molecule has 13 rings (SSSR count). The van der Waals surface area contributed by atoms with Gasteiger partial charge in [0, 0.05) is 97.0 Å². The predicted octanol–water partition coefficient (Wildman–Crippen LogP) is 16.2. The average molecular weight is 1570 g/mol. The van der Waals surface area contributed by atoms with Crippen molar-refractivity contribution in [3.8, 4) is 28.7 Å². The number of amides is 1. The van der Waals surface area contributed by atoms with E-state index in [4.69, 9.17) is 53.8 Å². The largest absolute Gasteiger partial charge is 0.494 e. The number of carbonyl (C=O) groups excluding carboxylic acids is 1. The number of aromatic nitrogens is 7. The summed E-state index contributed by atoms with van der Waals surface area (Å²) in [6, 6.07) is 43.8. The first kappa shape index (κ1) is 78.4. The first-order valence-corrected chi connectivity index (χ1v) is 43.6. The van der Waals surface area contributed by atoms with Crippen molar-refractivity contribution >= 4 is 159 Å². The smallest absolute Gasteiger partial charge is 0.234 e. The van der Waals surface area contributed by atoms with Gasteiger partial charge in [0.2, 0.25) is 23.8 Å². The van der Waals surface area contributed by atoms with Crippen LogP contribution in [0.5, 0.6) is 28.7 Å². The van der Waals surface area contributed by atoms with Crippen molar-refractivity contribution in [1.29, 1.82) is 0 Å². The van der Waals surface area contributed by atoms with Gasteiger partial charge < -0.3 is 79.7 Å². The summed E-state index contributed by atoms with van der Waals surface area (Å²) in [5.41, 5.74) is 6.43. The Morgan fingerprint density at radius 2 is 0.860 bits per heavy atom. The number of piperazine rings is 1. The topological polar surface area (TPSA) is 289 Å². The lowest BCUT2D eigenvalue weighted by atomic mass is 10.0. The highest BCUT2D eigenvalue weighted by atomic mass is 35.5. The predicted molar refractivity (Wildman–Crippen MR) is 437 cm³/mol. The second kappa shape index (κ2) is 35.8. The summed E-state index contributed by atoms with van der Waals surface area (Å²) < 4.78 is 60.8. The van der Waals surface area contributed by atoms with Crippen molar-refractivity contribution in [2.24, 2.45) is 0 Å². The van der Waals surface area contributed by atoms with Crippen LogP contribution in [0.15, 0.2) is 171 Å². The number of benzene rings is 6. The summed E-state index contributed by atoms with van der Waals surface area (Å²) in [5, 5.41) is 25.4. The minimum absolute atomic E-state index is 0.117. The van der Waals surface area contributed by atoms with Crippen molar-refractivity contribution in [2.45, 2.75) is 38.1 Å². The highest BCUT2D eigenvalue weighted by Gasteiger charge is 2.29. The average Bonchev–Trinajstić information content (AvgIpc) is 0.823. The zero-order chi connectivity index (χ0) is 75.8. The van der Waals surface area contributed by atoms with Gasteiger partial charge in [-0.3, -0.25) is 14.7 Å². The number of nitrogens with one attached hydrogen (secondary N) is 7. The molecule has 4 aromatic heterocycles. The van der Waals surface area contributed by atoms with Gasteiger partial charge in [0.25, 0.3) is 0 Å². The summed E-state index contributed by atoms with van der Waals surface area (Å²) in [4.78, 5) is 49.4. The van der Waals surface area contributed by atoms with Crippen LogP contribution in [0, 0.1) is 0 Å². The number of pyridine rings is 1. The summed E-state index contributed by atoms with van der Waals surface area (Å²) >= 11 is 19.1. The van der Waals surface area contributed by atoms with Gasteiger partial charge >= 0.3 is 0 Å². The summed E-state index contributed by atoms with van der Waals surface area (Å²) in [5.74, 6) is 5.50. The molecule has 1 amide bonds. The molecule has 7 heterocycles. The zero-order valence-electron chi connectivity index (χ0n) is 60.9. The molecule has 0 atom stereocenters. The first-order chi connectivity index (χ1) is 51.4. The van der Waals surface area contributed by atoms with E-state index in [1.54, 1.807) is 98.0 Å². The standard InChI is InChI=1S/C28H35ClN7O3P.C24H23ClN5O3P.C24H29ClN5O2P/c1-39-24-16-20(35-13-10-19(11-14-35)36-15-12-30-26(37)18-36)8-9-22(24)33-28-31-17-21(29)27(34-28)32-23-6-4-5-7-25(23)40(2,3)38;1-32-21-13-16(33-17-7-6-12-26-14-17)10-11-19(21)29-24-27-15-18(25)23(30-24)28-20-8-4-5-9-22(20)34(2,3)31;1-32-21-15-17(30-13-7-4-8-14-30)11-12-19(21)28-24-26-16-18(25)23(29-24)27-20-9-5-6-10-22(20)33(2,3)31/h4-9,16-17,19H,10-15,18H2,1-3H3,(H,30,37)(H2,31,32,33,34);4-15H,1-3H3,(H2,27,28,29,30);5-6,9-12,15-16H,4,7-8,13-14H2,1-3H3,(H2,26,27,28,29). The highest BCUT2D eigenvalue weighted by molar-refractivity contribution is 7.71. The van der Waals surface area contributed by atoms with Gasteiger partial charge in [-0.1, -0.05) is 71.2 Å². The Morgan fingerprint density at radius 3 is 1.26 bits per heavy atom. The number of rotatable bonds is 23. The normalized spacial score (nSPS) is 14.2. The number of carbonyl (C=O) groups is 1. The fraction of sp³-hybridized carbons (Fsp3) is 0.289. The van der Waals surface area contributed by atoms with Crippen molar-refractivity contribution in [1.82, 2.24) is 45.1 Å². The van der Waals surface area contributed by atoms with Crippen molar-refractivity contribution < 1.29 is 37.4 Å². The van der Waals surface area contributed by atoms with Gasteiger partial charge in [0.15, 0.2) is 17.5 Å². The molecule has 25 nitrogen and oxygen atoms in total. The molecule has 10 aromatic rings. The Labute approximate surface area is 638 Å². The number of para-hydroxylation sites is 3. The van der Waals surface area contributed by atoms with E-state index in [2.05, 4.69) is 98.9 Å². The molecule has 107 heavy (non-hydrogen) atoms. The van der Waals surface area contributed by atoms with Crippen molar-refractivity contribution in [3.05, 3.63) is 186 Å². The monoisotopic (exact) mass is 1560 g/mol. The fourth-order valence-electron chi connectivity index (χ4n) is 12.4. The fourth-order valence-corrected chi connectivity index (χ4v) is 16.3. The van der Waals surface area contributed by atoms with Crippen molar-refractivity contribution in [2.75, 3.05) is 149 Å². The lowest BCUT2D eigenvalue weighted by Crippen LogP contribution is -2.54. The van der Waals surface area contributed by atoms with Crippen LogP contribution in [0.3, 0.4) is 0 Å². The van der Waals surface area contributed by atoms with Gasteiger partial charge in [-0.2, -0.15) is 15.0 Å². The van der Waals surface area contributed by atoms with Gasteiger partial charge in [0.1, 0.15) is 65.2 Å². The van der Waals surface area contributed by atoms with Crippen molar-refractivity contribution in [3.63, 3.8) is 0 Å². The number of hydrogen-bond acceptors (Lipinski definition) is 24. The molecule has 0 saturated carbocycles. The van der Waals surface area contributed by atoms with Crippen LogP contribution in [0.1, 0.15) is 32.1 Å². The SMILES string of the molecule is COc1cc(N2CCC(N3CCNC(=O)C3)CC2)ccc1Nc1ncc(Cl)c(Nc2ccccc2P(C)(C)=O)n1.COc1cc(N2CCCCC2)ccc1Nc1ncc(Cl)c(Nc2ccccc2P(C)(C)=O)n1.COc1cc(Oc2cccnc2)ccc1Nc1ncc(Cl)c(Nc2ccccc2P(C)(C)=O)n1. The van der Waals surface area contributed by atoms with E-state index in [-0.39, 0.29) is 5.91 Å². The molecule has 3 aliphatic heterocycles. The number of anilines is 14. The Morgan fingerprint density at radius 1 is 0.449 bits per heavy atom. The molecule has 3 fully saturated rings. The van der Waals surface area contributed by atoms with Crippen LogP contribution in [-0.2, 0) is 18.5 Å². The summed E-state index contributed by atoms with van der Waals surface area (Å²) in [6.07, 6.45) is 13.6. The molecular weight excluding hydrogens is 1480 g/mol. The van der Waals surface area contributed by atoms with Crippen LogP contribution in [0.4, 0.5) is 80.8 Å². The third-order valence-corrected chi connectivity index (χ3v) is 23.2. The Kier molecular flexibility index (Phi) is 26.2. The number of methoxy groups -OCH3 is 3. The van der Waals surface area contributed by atoms with Gasteiger partial charge in [-0.25, -0.2) is 15.0 Å². The lowest BCUT2D eigenvalue weighted by molar-refractivity contribution is -0.125. The van der Waals surface area contributed by atoms with Crippen LogP contribution in [-0.4, -0.2) is 159 Å². The van der Waals surface area contributed by atoms with E-state index < -0.39 is 21.4 Å². The summed E-state index contributed by atoms with van der Waals surface area (Å²) in [7, 11) is -2.66. The Hall–Kier alpha value is -9.70. The van der Waals surface area contributed by atoms with E-state index in [9.17, 15) is 18.5 Å². The second-order valence-electron chi connectivity index (χ2n) is 26.5.